The zero-order valence-corrected chi connectivity index (χ0v) is 10.6. The molecule has 0 aliphatic rings. The summed E-state index contributed by atoms with van der Waals surface area (Å²) in [5.41, 5.74) is 2.02. The van der Waals surface area contributed by atoms with Gasteiger partial charge in [-0.15, -0.1) is 0 Å². The predicted octanol–water partition coefficient (Wildman–Crippen LogP) is 3.63. The number of hydrogen-bond acceptors (Lipinski definition) is 2. The maximum Gasteiger partial charge on any atom is 0.106 e. The Morgan fingerprint density at radius 2 is 2.19 bits per heavy atom. The average Bonchev–Trinajstić information content (AvgIpc) is 2.70. The van der Waals surface area contributed by atoms with Gasteiger partial charge in [-0.25, -0.2) is 0 Å². The minimum atomic E-state index is -0.515. The fraction of sp³-hybridized carbons (Fsp3) is 0.231. The van der Waals surface area contributed by atoms with Crippen molar-refractivity contribution in [3.05, 3.63) is 58.0 Å². The van der Waals surface area contributed by atoms with Crippen LogP contribution in [0.25, 0.3) is 0 Å². The van der Waals surface area contributed by atoms with Gasteiger partial charge in [0, 0.05) is 10.9 Å². The van der Waals surface area contributed by atoms with Crippen molar-refractivity contribution in [2.24, 2.45) is 0 Å². The molecule has 3 heteroatoms. The monoisotopic (exact) mass is 280 g/mol. The highest BCUT2D eigenvalue weighted by Crippen LogP contribution is 2.24. The highest BCUT2D eigenvalue weighted by atomic mass is 79.9. The number of aryl methyl sites for hydroxylation is 1. The van der Waals surface area contributed by atoms with Crippen molar-refractivity contribution in [1.82, 2.24) is 0 Å². The molecule has 2 nitrogen and oxygen atoms in total. The fourth-order valence-corrected chi connectivity index (χ4v) is 2.22. The van der Waals surface area contributed by atoms with Gasteiger partial charge in [-0.2, -0.15) is 0 Å². The Morgan fingerprint density at radius 3 is 2.81 bits per heavy atom. The highest BCUT2D eigenvalue weighted by molar-refractivity contribution is 9.10. The van der Waals surface area contributed by atoms with Crippen molar-refractivity contribution in [2.45, 2.75) is 19.4 Å². The van der Waals surface area contributed by atoms with Crippen LogP contribution >= 0.6 is 15.9 Å². The Morgan fingerprint density at radius 1 is 1.38 bits per heavy atom. The summed E-state index contributed by atoms with van der Waals surface area (Å²) in [6.45, 7) is 1.99. The second-order valence-electron chi connectivity index (χ2n) is 3.80. The molecular formula is C13H13BrO2. The van der Waals surface area contributed by atoms with Crippen molar-refractivity contribution in [1.29, 1.82) is 0 Å². The number of hydrogen-bond donors (Lipinski definition) is 1. The molecule has 0 bridgehead atoms. The Hall–Kier alpha value is -1.06. The average molecular weight is 281 g/mol. The van der Waals surface area contributed by atoms with Gasteiger partial charge >= 0.3 is 0 Å². The van der Waals surface area contributed by atoms with Crippen LogP contribution in [0.5, 0.6) is 0 Å². The molecule has 1 heterocycles. The molecule has 1 unspecified atom stereocenters. The van der Waals surface area contributed by atoms with Crippen LogP contribution < -0.4 is 0 Å². The molecule has 1 aromatic carbocycles. The summed E-state index contributed by atoms with van der Waals surface area (Å²) >= 11 is 3.41. The SMILES string of the molecule is Cc1cc(Br)ccc1C(O)Cc1ccco1. The van der Waals surface area contributed by atoms with Crippen LogP contribution in [0.2, 0.25) is 0 Å². The fourth-order valence-electron chi connectivity index (χ4n) is 1.74. The molecule has 0 fully saturated rings. The quantitative estimate of drug-likeness (QED) is 0.932. The van der Waals surface area contributed by atoms with Crippen molar-refractivity contribution < 1.29 is 9.52 Å². The van der Waals surface area contributed by atoms with Gasteiger partial charge in [0.15, 0.2) is 0 Å². The lowest BCUT2D eigenvalue weighted by atomic mass is 10.0. The number of aliphatic hydroxyl groups is 1. The first-order valence-electron chi connectivity index (χ1n) is 5.13. The molecule has 1 atom stereocenters. The summed E-state index contributed by atoms with van der Waals surface area (Å²) in [5.74, 6) is 0.801. The lowest BCUT2D eigenvalue weighted by Gasteiger charge is -2.12. The third-order valence-electron chi connectivity index (χ3n) is 2.57. The smallest absolute Gasteiger partial charge is 0.106 e. The minimum Gasteiger partial charge on any atom is -0.469 e. The van der Waals surface area contributed by atoms with E-state index in [0.29, 0.717) is 6.42 Å². The first-order valence-corrected chi connectivity index (χ1v) is 5.92. The molecule has 2 aromatic rings. The van der Waals surface area contributed by atoms with Gasteiger partial charge < -0.3 is 9.52 Å². The summed E-state index contributed by atoms with van der Waals surface area (Å²) in [7, 11) is 0. The number of furan rings is 1. The van der Waals surface area contributed by atoms with Gasteiger partial charge in [-0.3, -0.25) is 0 Å². The standard InChI is InChI=1S/C13H13BrO2/c1-9-7-10(14)4-5-12(9)13(15)8-11-3-2-6-16-11/h2-7,13,15H,8H2,1H3. The van der Waals surface area contributed by atoms with Gasteiger partial charge in [0.05, 0.1) is 12.4 Å². The summed E-state index contributed by atoms with van der Waals surface area (Å²) in [6.07, 6.45) is 1.62. The van der Waals surface area contributed by atoms with Crippen LogP contribution in [-0.4, -0.2) is 5.11 Å². The molecule has 16 heavy (non-hydrogen) atoms. The second-order valence-corrected chi connectivity index (χ2v) is 4.72. The van der Waals surface area contributed by atoms with E-state index >= 15 is 0 Å². The largest absolute Gasteiger partial charge is 0.469 e. The van der Waals surface area contributed by atoms with Crippen LogP contribution in [0, 0.1) is 6.92 Å². The van der Waals surface area contributed by atoms with Crippen LogP contribution in [0.4, 0.5) is 0 Å². The molecule has 0 spiro atoms. The van der Waals surface area contributed by atoms with Gasteiger partial charge in [-0.1, -0.05) is 22.0 Å². The van der Waals surface area contributed by atoms with E-state index in [4.69, 9.17) is 4.42 Å². The van der Waals surface area contributed by atoms with E-state index in [1.807, 2.05) is 37.3 Å². The Bertz CT molecular complexity index is 463. The molecule has 2 rings (SSSR count). The number of aliphatic hydroxyl groups excluding tert-OH is 1. The van der Waals surface area contributed by atoms with E-state index in [-0.39, 0.29) is 0 Å². The molecular weight excluding hydrogens is 268 g/mol. The van der Waals surface area contributed by atoms with Crippen molar-refractivity contribution >= 4 is 15.9 Å². The Labute approximate surface area is 103 Å². The molecule has 0 radical (unpaired) electrons. The van der Waals surface area contributed by atoms with Gasteiger partial charge in [0.1, 0.15) is 5.76 Å². The lowest BCUT2D eigenvalue weighted by molar-refractivity contribution is 0.170. The Balaban J connectivity index is 2.17. The normalized spacial score (nSPS) is 12.7. The summed E-state index contributed by atoms with van der Waals surface area (Å²) in [4.78, 5) is 0. The maximum atomic E-state index is 10.1. The van der Waals surface area contributed by atoms with Crippen molar-refractivity contribution in [2.75, 3.05) is 0 Å². The molecule has 0 saturated heterocycles. The third-order valence-corrected chi connectivity index (χ3v) is 3.06. The zero-order valence-electron chi connectivity index (χ0n) is 8.98. The summed E-state index contributed by atoms with van der Waals surface area (Å²) in [6, 6.07) is 9.58. The number of rotatable bonds is 3. The van der Waals surface area contributed by atoms with Crippen LogP contribution in [0.15, 0.2) is 45.5 Å². The molecule has 1 N–H and O–H groups in total. The van der Waals surface area contributed by atoms with Crippen molar-refractivity contribution in [3.8, 4) is 0 Å². The molecule has 0 aliphatic heterocycles. The zero-order chi connectivity index (χ0) is 11.5. The van der Waals surface area contributed by atoms with E-state index in [0.717, 1.165) is 21.4 Å². The molecule has 0 saturated carbocycles. The maximum absolute atomic E-state index is 10.1. The summed E-state index contributed by atoms with van der Waals surface area (Å²) < 4.78 is 6.25. The van der Waals surface area contributed by atoms with E-state index in [9.17, 15) is 5.11 Å². The van der Waals surface area contributed by atoms with Gasteiger partial charge in [-0.05, 0) is 42.3 Å². The molecule has 0 aliphatic carbocycles. The number of benzene rings is 1. The van der Waals surface area contributed by atoms with Crippen LogP contribution in [0.1, 0.15) is 23.0 Å². The molecule has 84 valence electrons. The molecule has 0 amide bonds. The van der Waals surface area contributed by atoms with Crippen LogP contribution in [0.3, 0.4) is 0 Å². The van der Waals surface area contributed by atoms with E-state index in [1.165, 1.54) is 0 Å². The Kier molecular flexibility index (Phi) is 3.46. The highest BCUT2D eigenvalue weighted by Gasteiger charge is 2.12. The van der Waals surface area contributed by atoms with E-state index in [1.54, 1.807) is 6.26 Å². The number of halogens is 1. The predicted molar refractivity (Wildman–Crippen MR) is 66.3 cm³/mol. The van der Waals surface area contributed by atoms with Gasteiger partial charge in [0.25, 0.3) is 0 Å². The minimum absolute atomic E-state index is 0.509. The third kappa shape index (κ3) is 2.54. The van der Waals surface area contributed by atoms with Crippen LogP contribution in [-0.2, 0) is 6.42 Å². The van der Waals surface area contributed by atoms with E-state index in [2.05, 4.69) is 15.9 Å². The first-order chi connectivity index (χ1) is 7.66. The molecule has 1 aromatic heterocycles. The van der Waals surface area contributed by atoms with E-state index < -0.39 is 6.10 Å². The van der Waals surface area contributed by atoms with Gasteiger partial charge in [0.2, 0.25) is 0 Å². The first kappa shape index (κ1) is 11.4. The topological polar surface area (TPSA) is 33.4 Å². The summed E-state index contributed by atoms with van der Waals surface area (Å²) in [5, 5.41) is 10.1. The second kappa shape index (κ2) is 4.85. The van der Waals surface area contributed by atoms with Crippen molar-refractivity contribution in [3.63, 3.8) is 0 Å². The lowest BCUT2D eigenvalue weighted by Crippen LogP contribution is -2.03.